The second kappa shape index (κ2) is 35.2. The SMILES string of the molecule is CCCCCCCCCCCCCCCCCCCCCC(=O)NC(COP(=O)([O-])OCC[N+](C)(C)C)C(O)CCCCCCCCCCCC. The molecule has 0 rings (SSSR count). The minimum Gasteiger partial charge on any atom is -0.756 e. The molecule has 0 fully saturated rings. The van der Waals surface area contributed by atoms with Gasteiger partial charge in [0.25, 0.3) is 7.82 Å². The van der Waals surface area contributed by atoms with E-state index in [4.69, 9.17) is 9.05 Å². The van der Waals surface area contributed by atoms with Crippen LogP contribution in [0.1, 0.15) is 213 Å². The molecule has 3 atom stereocenters. The summed E-state index contributed by atoms with van der Waals surface area (Å²) >= 11 is 0. The van der Waals surface area contributed by atoms with Gasteiger partial charge in [0.1, 0.15) is 13.2 Å². The van der Waals surface area contributed by atoms with E-state index in [0.29, 0.717) is 23.9 Å². The van der Waals surface area contributed by atoms with E-state index in [1.807, 2.05) is 21.1 Å². The van der Waals surface area contributed by atoms with Gasteiger partial charge in [-0.25, -0.2) is 0 Å². The Morgan fingerprint density at radius 1 is 0.608 bits per heavy atom. The second-order valence-corrected chi connectivity index (χ2v) is 17.8. The first-order chi connectivity index (χ1) is 24.5. The minimum atomic E-state index is -4.55. The average Bonchev–Trinajstić information content (AvgIpc) is 3.07. The highest BCUT2D eigenvalue weighted by Crippen LogP contribution is 2.38. The normalized spacial score (nSPS) is 14.4. The Balaban J connectivity index is 4.24. The number of nitrogens with zero attached hydrogens (tertiary/aromatic N) is 1. The molecule has 8 nitrogen and oxygen atoms in total. The van der Waals surface area contributed by atoms with Crippen molar-refractivity contribution in [3.63, 3.8) is 0 Å². The van der Waals surface area contributed by atoms with Gasteiger partial charge in [-0.15, -0.1) is 0 Å². The van der Waals surface area contributed by atoms with Crippen LogP contribution in [-0.2, 0) is 18.4 Å². The summed E-state index contributed by atoms with van der Waals surface area (Å²) in [5.41, 5.74) is 0. The van der Waals surface area contributed by atoms with Crippen molar-refractivity contribution in [3.05, 3.63) is 0 Å². The van der Waals surface area contributed by atoms with Gasteiger partial charge in [-0.1, -0.05) is 194 Å². The standard InChI is InChI=1S/C42H87N2O6P/c1-6-8-10-12-14-16-18-19-20-21-22-23-24-25-26-28-30-32-34-36-42(46)43-40(39-50-51(47,48)49-38-37-44(3,4)5)41(45)35-33-31-29-27-17-15-13-11-9-7-2/h40-41,45H,6-39H2,1-5H3,(H-,43,46,47,48). The molecule has 2 N–H and O–H groups in total. The number of aliphatic hydroxyl groups is 1. The molecule has 1 amide bonds. The van der Waals surface area contributed by atoms with Gasteiger partial charge in [0.05, 0.1) is 39.9 Å². The number of hydrogen-bond donors (Lipinski definition) is 2. The van der Waals surface area contributed by atoms with Gasteiger partial charge in [-0.2, -0.15) is 0 Å². The number of phosphoric acid groups is 1. The van der Waals surface area contributed by atoms with E-state index in [2.05, 4.69) is 19.2 Å². The van der Waals surface area contributed by atoms with Gasteiger partial charge in [-0.05, 0) is 12.8 Å². The van der Waals surface area contributed by atoms with E-state index in [0.717, 1.165) is 38.5 Å². The third-order valence-electron chi connectivity index (χ3n) is 10.1. The highest BCUT2D eigenvalue weighted by molar-refractivity contribution is 7.45. The summed E-state index contributed by atoms with van der Waals surface area (Å²) in [5, 5.41) is 13.8. The number of phosphoric ester groups is 1. The molecular weight excluding hydrogens is 659 g/mol. The molecule has 0 aromatic rings. The predicted octanol–water partition coefficient (Wildman–Crippen LogP) is 11.2. The molecule has 0 radical (unpaired) electrons. The zero-order valence-corrected chi connectivity index (χ0v) is 35.5. The van der Waals surface area contributed by atoms with E-state index in [1.165, 1.54) is 148 Å². The van der Waals surface area contributed by atoms with Crippen molar-refractivity contribution in [2.24, 2.45) is 0 Å². The van der Waals surface area contributed by atoms with Crippen molar-refractivity contribution in [2.45, 2.75) is 225 Å². The molecule has 0 aromatic carbocycles. The summed E-state index contributed by atoms with van der Waals surface area (Å²) < 4.78 is 23.2. The Labute approximate surface area is 317 Å². The van der Waals surface area contributed by atoms with Crippen LogP contribution in [0, 0.1) is 0 Å². The van der Waals surface area contributed by atoms with Crippen molar-refractivity contribution in [2.75, 3.05) is 40.9 Å². The van der Waals surface area contributed by atoms with E-state index >= 15 is 0 Å². The summed E-state index contributed by atoms with van der Waals surface area (Å²) in [4.78, 5) is 25.2. The largest absolute Gasteiger partial charge is 0.756 e. The fourth-order valence-electron chi connectivity index (χ4n) is 6.57. The number of nitrogens with one attached hydrogen (secondary N) is 1. The quantitative estimate of drug-likeness (QED) is 0.0367. The molecule has 306 valence electrons. The minimum absolute atomic E-state index is 0.0157. The van der Waals surface area contributed by atoms with Crippen LogP contribution in [0.4, 0.5) is 0 Å². The molecule has 0 bridgehead atoms. The number of likely N-dealkylation sites (N-methyl/N-ethyl adjacent to an activating group) is 1. The first-order valence-electron chi connectivity index (χ1n) is 21.9. The van der Waals surface area contributed by atoms with Crippen LogP contribution in [0.2, 0.25) is 0 Å². The maximum absolute atomic E-state index is 12.8. The smallest absolute Gasteiger partial charge is 0.268 e. The Bertz CT molecular complexity index is 809. The summed E-state index contributed by atoms with van der Waals surface area (Å²) in [6.07, 6.45) is 36.8. The lowest BCUT2D eigenvalue weighted by atomic mass is 10.0. The van der Waals surface area contributed by atoms with Crippen molar-refractivity contribution < 1.29 is 32.9 Å². The molecule has 9 heteroatoms. The van der Waals surface area contributed by atoms with Crippen LogP contribution in [0.15, 0.2) is 0 Å². The van der Waals surface area contributed by atoms with Crippen LogP contribution in [0.5, 0.6) is 0 Å². The Morgan fingerprint density at radius 3 is 1.33 bits per heavy atom. The van der Waals surface area contributed by atoms with Gasteiger partial charge in [0, 0.05) is 6.42 Å². The molecule has 51 heavy (non-hydrogen) atoms. The number of amides is 1. The molecule has 0 saturated heterocycles. The highest BCUT2D eigenvalue weighted by Gasteiger charge is 2.24. The fourth-order valence-corrected chi connectivity index (χ4v) is 7.29. The van der Waals surface area contributed by atoms with Gasteiger partial charge in [0.15, 0.2) is 0 Å². The number of aliphatic hydroxyl groups excluding tert-OH is 1. The van der Waals surface area contributed by atoms with Crippen LogP contribution in [-0.4, -0.2) is 68.5 Å². The fraction of sp³-hybridized carbons (Fsp3) is 0.976. The van der Waals surface area contributed by atoms with Crippen molar-refractivity contribution in [1.29, 1.82) is 0 Å². The highest BCUT2D eigenvalue weighted by atomic mass is 31.2. The topological polar surface area (TPSA) is 108 Å². The maximum Gasteiger partial charge on any atom is 0.268 e. The van der Waals surface area contributed by atoms with Gasteiger partial charge < -0.3 is 28.8 Å². The van der Waals surface area contributed by atoms with E-state index in [1.54, 1.807) is 0 Å². The lowest BCUT2D eigenvalue weighted by Gasteiger charge is -2.30. The number of hydrogen-bond acceptors (Lipinski definition) is 6. The molecule has 0 aromatic heterocycles. The lowest BCUT2D eigenvalue weighted by Crippen LogP contribution is -2.46. The molecule has 0 saturated carbocycles. The van der Waals surface area contributed by atoms with Crippen molar-refractivity contribution in [1.82, 2.24) is 5.32 Å². The maximum atomic E-state index is 12.8. The van der Waals surface area contributed by atoms with Crippen LogP contribution < -0.4 is 10.2 Å². The average molecular weight is 747 g/mol. The van der Waals surface area contributed by atoms with E-state index in [9.17, 15) is 19.4 Å². The van der Waals surface area contributed by atoms with Crippen LogP contribution in [0.3, 0.4) is 0 Å². The molecule has 0 heterocycles. The first-order valence-corrected chi connectivity index (χ1v) is 23.3. The number of unbranched alkanes of at least 4 members (excludes halogenated alkanes) is 27. The molecule has 3 unspecified atom stereocenters. The third kappa shape index (κ3) is 37.6. The predicted molar refractivity (Wildman–Crippen MR) is 215 cm³/mol. The van der Waals surface area contributed by atoms with Crippen molar-refractivity contribution >= 4 is 13.7 Å². The zero-order valence-electron chi connectivity index (χ0n) is 34.6. The number of rotatable bonds is 40. The van der Waals surface area contributed by atoms with Crippen LogP contribution >= 0.6 is 7.82 Å². The molecule has 0 aliphatic rings. The number of carbonyl (C=O) groups excluding carboxylic acids is 1. The second-order valence-electron chi connectivity index (χ2n) is 16.4. The summed E-state index contributed by atoms with van der Waals surface area (Å²) in [7, 11) is 1.31. The summed E-state index contributed by atoms with van der Waals surface area (Å²) in [6.45, 7) is 4.72. The van der Waals surface area contributed by atoms with E-state index < -0.39 is 20.0 Å². The molecular formula is C42H87N2O6P. The number of carbonyl (C=O) groups is 1. The van der Waals surface area contributed by atoms with Crippen LogP contribution in [0.25, 0.3) is 0 Å². The lowest BCUT2D eigenvalue weighted by molar-refractivity contribution is -0.870. The monoisotopic (exact) mass is 747 g/mol. The molecule has 0 aliphatic heterocycles. The third-order valence-corrected chi connectivity index (χ3v) is 11.1. The Kier molecular flexibility index (Phi) is 34.9. The van der Waals surface area contributed by atoms with Crippen molar-refractivity contribution in [3.8, 4) is 0 Å². The Morgan fingerprint density at radius 2 is 0.961 bits per heavy atom. The Hall–Kier alpha value is -0.500. The first kappa shape index (κ1) is 50.5. The molecule has 0 aliphatic carbocycles. The zero-order chi connectivity index (χ0) is 37.9. The molecule has 0 spiro atoms. The summed E-state index contributed by atoms with van der Waals surface area (Å²) in [6, 6.07) is -0.791. The number of quaternary nitrogens is 1. The van der Waals surface area contributed by atoms with Gasteiger partial charge in [-0.3, -0.25) is 9.36 Å². The van der Waals surface area contributed by atoms with E-state index in [-0.39, 0.29) is 19.1 Å². The van der Waals surface area contributed by atoms with Gasteiger partial charge >= 0.3 is 0 Å². The summed E-state index contributed by atoms with van der Waals surface area (Å²) in [5.74, 6) is -0.163. The van der Waals surface area contributed by atoms with Gasteiger partial charge in [0.2, 0.25) is 5.91 Å².